The molecule has 33 heavy (non-hydrogen) atoms. The highest BCUT2D eigenvalue weighted by atomic mass is 19.1. The van der Waals surface area contributed by atoms with Gasteiger partial charge >= 0.3 is 0 Å². The van der Waals surface area contributed by atoms with Gasteiger partial charge in [0.15, 0.2) is 0 Å². The third-order valence-corrected chi connectivity index (χ3v) is 5.47. The lowest BCUT2D eigenvalue weighted by Gasteiger charge is -2.17. The van der Waals surface area contributed by atoms with Gasteiger partial charge in [0.05, 0.1) is 25.6 Å². The summed E-state index contributed by atoms with van der Waals surface area (Å²) in [6.45, 7) is 1.26. The van der Waals surface area contributed by atoms with Crippen LogP contribution in [0, 0.1) is 5.82 Å². The first kappa shape index (κ1) is 20.9. The maximum absolute atomic E-state index is 14.2. The fourth-order valence-electron chi connectivity index (χ4n) is 3.88. The number of carbonyl (C=O) groups is 2. The minimum atomic E-state index is -0.610. The van der Waals surface area contributed by atoms with Gasteiger partial charge in [-0.05, 0) is 67.1 Å². The second kappa shape index (κ2) is 8.85. The number of anilines is 2. The topological polar surface area (TPSA) is 102 Å². The molecular formula is C24H21FN4O4. The molecule has 2 aliphatic rings. The van der Waals surface area contributed by atoms with Crippen LogP contribution in [0.2, 0.25) is 0 Å². The van der Waals surface area contributed by atoms with Gasteiger partial charge in [-0.25, -0.2) is 14.4 Å². The monoisotopic (exact) mass is 448 g/mol. The van der Waals surface area contributed by atoms with Crippen molar-refractivity contribution in [3.05, 3.63) is 71.1 Å². The number of aryl methyl sites for hydroxylation is 2. The zero-order valence-electron chi connectivity index (χ0n) is 17.7. The van der Waals surface area contributed by atoms with Gasteiger partial charge in [-0.3, -0.25) is 9.59 Å². The number of pyridine rings is 2. The van der Waals surface area contributed by atoms with Crippen molar-refractivity contribution >= 4 is 23.2 Å². The van der Waals surface area contributed by atoms with Gasteiger partial charge in [0.2, 0.25) is 0 Å². The molecule has 4 heterocycles. The summed E-state index contributed by atoms with van der Waals surface area (Å²) in [5, 5.41) is 5.27. The molecule has 1 aromatic carbocycles. The van der Waals surface area contributed by atoms with Crippen LogP contribution in [0.15, 0.2) is 42.7 Å². The molecule has 2 N–H and O–H groups in total. The molecule has 2 amide bonds. The van der Waals surface area contributed by atoms with Gasteiger partial charge in [0.1, 0.15) is 28.7 Å². The van der Waals surface area contributed by atoms with E-state index in [1.54, 1.807) is 12.1 Å². The highest BCUT2D eigenvalue weighted by Crippen LogP contribution is 2.26. The fourth-order valence-corrected chi connectivity index (χ4v) is 3.88. The minimum Gasteiger partial charge on any atom is -0.492 e. The van der Waals surface area contributed by atoms with Gasteiger partial charge in [-0.15, -0.1) is 0 Å². The summed E-state index contributed by atoms with van der Waals surface area (Å²) >= 11 is 0. The number of carbonyl (C=O) groups excluding carboxylic acids is 2. The number of amides is 2. The Hall–Kier alpha value is -4.01. The maximum Gasteiger partial charge on any atom is 0.274 e. The molecule has 0 unspecified atom stereocenters. The predicted octanol–water partition coefficient (Wildman–Crippen LogP) is 3.77. The lowest BCUT2D eigenvalue weighted by Crippen LogP contribution is -2.18. The molecule has 0 fully saturated rings. The molecular weight excluding hydrogens is 427 g/mol. The largest absolute Gasteiger partial charge is 0.492 e. The Morgan fingerprint density at radius 2 is 1.24 bits per heavy atom. The summed E-state index contributed by atoms with van der Waals surface area (Å²) in [5.41, 5.74) is 2.62. The van der Waals surface area contributed by atoms with Crippen LogP contribution in [0.1, 0.15) is 44.9 Å². The van der Waals surface area contributed by atoms with E-state index in [0.29, 0.717) is 24.7 Å². The lowest BCUT2D eigenvalue weighted by molar-refractivity contribution is 0.101. The molecule has 2 aliphatic heterocycles. The normalized spacial score (nSPS) is 14.2. The molecule has 0 spiro atoms. The van der Waals surface area contributed by atoms with Gasteiger partial charge in [0.25, 0.3) is 11.8 Å². The zero-order valence-corrected chi connectivity index (χ0v) is 17.7. The van der Waals surface area contributed by atoms with Crippen LogP contribution in [0.25, 0.3) is 0 Å². The number of hydrogen-bond donors (Lipinski definition) is 2. The summed E-state index contributed by atoms with van der Waals surface area (Å²) in [4.78, 5) is 33.6. The predicted molar refractivity (Wildman–Crippen MR) is 118 cm³/mol. The molecule has 3 aromatic rings. The average Bonchev–Trinajstić information content (AvgIpc) is 2.83. The van der Waals surface area contributed by atoms with Crippen molar-refractivity contribution in [2.75, 3.05) is 23.8 Å². The van der Waals surface area contributed by atoms with E-state index in [4.69, 9.17) is 9.47 Å². The average molecular weight is 448 g/mol. The van der Waals surface area contributed by atoms with E-state index in [1.165, 1.54) is 30.6 Å². The zero-order chi connectivity index (χ0) is 22.8. The quantitative estimate of drug-likeness (QED) is 0.630. The number of benzene rings is 1. The number of fused-ring (bicyclic) bond motifs is 2. The molecule has 0 atom stereocenters. The standard InChI is InChI=1S/C24H21FN4O4/c25-16-9-17(28-23(30)19-7-14-3-1-5-32-21(14)12-26-19)11-18(10-16)29-24(31)20-8-15-4-2-6-33-22(15)13-27-20/h7-13H,1-6H2,(H,28,30)(H,29,31). The van der Waals surface area contributed by atoms with Crippen LogP contribution in [0.3, 0.4) is 0 Å². The van der Waals surface area contributed by atoms with Crippen molar-refractivity contribution in [3.8, 4) is 11.5 Å². The van der Waals surface area contributed by atoms with Gasteiger partial charge < -0.3 is 20.1 Å². The van der Waals surface area contributed by atoms with Crippen LogP contribution in [-0.4, -0.2) is 35.0 Å². The SMILES string of the molecule is O=C(Nc1cc(F)cc(NC(=O)c2cc3c(cn2)OCCC3)c1)c1cc2c(cn1)OCCC2. The van der Waals surface area contributed by atoms with Crippen molar-refractivity contribution < 1.29 is 23.5 Å². The summed E-state index contributed by atoms with van der Waals surface area (Å²) < 4.78 is 25.2. The number of aromatic nitrogens is 2. The summed E-state index contributed by atoms with van der Waals surface area (Å²) in [6, 6.07) is 7.17. The van der Waals surface area contributed by atoms with Crippen LogP contribution >= 0.6 is 0 Å². The molecule has 0 radical (unpaired) electrons. The Kier molecular flexibility index (Phi) is 5.60. The molecule has 9 heteroatoms. The van der Waals surface area contributed by atoms with Crippen LogP contribution in [0.4, 0.5) is 15.8 Å². The summed E-state index contributed by atoms with van der Waals surface area (Å²) in [5.74, 6) is -0.223. The van der Waals surface area contributed by atoms with Crippen LogP contribution < -0.4 is 20.1 Å². The summed E-state index contributed by atoms with van der Waals surface area (Å²) in [7, 11) is 0. The first-order chi connectivity index (χ1) is 16.0. The minimum absolute atomic E-state index is 0.192. The number of halogens is 1. The molecule has 8 nitrogen and oxygen atoms in total. The fraction of sp³-hybridized carbons (Fsp3) is 0.250. The van der Waals surface area contributed by atoms with E-state index >= 15 is 0 Å². The van der Waals surface area contributed by atoms with E-state index < -0.39 is 17.6 Å². The highest BCUT2D eigenvalue weighted by molar-refractivity contribution is 6.05. The van der Waals surface area contributed by atoms with Crippen molar-refractivity contribution in [3.63, 3.8) is 0 Å². The van der Waals surface area contributed by atoms with E-state index in [9.17, 15) is 14.0 Å². The van der Waals surface area contributed by atoms with Crippen molar-refractivity contribution in [2.45, 2.75) is 25.7 Å². The third-order valence-electron chi connectivity index (χ3n) is 5.47. The van der Waals surface area contributed by atoms with Crippen LogP contribution in [-0.2, 0) is 12.8 Å². The Labute approximate surface area is 189 Å². The second-order valence-electron chi connectivity index (χ2n) is 7.90. The Bertz CT molecular complexity index is 1160. The number of rotatable bonds is 4. The van der Waals surface area contributed by atoms with Crippen LogP contribution in [0.5, 0.6) is 11.5 Å². The second-order valence-corrected chi connectivity index (χ2v) is 7.90. The summed E-state index contributed by atoms with van der Waals surface area (Å²) in [6.07, 6.45) is 6.40. The lowest BCUT2D eigenvalue weighted by atomic mass is 10.1. The number of hydrogen-bond acceptors (Lipinski definition) is 6. The molecule has 0 saturated heterocycles. The molecule has 2 aromatic heterocycles. The van der Waals surface area contributed by atoms with E-state index in [0.717, 1.165) is 36.8 Å². The van der Waals surface area contributed by atoms with E-state index in [2.05, 4.69) is 20.6 Å². The van der Waals surface area contributed by atoms with Gasteiger partial charge in [0, 0.05) is 11.4 Å². The molecule has 0 aliphatic carbocycles. The third kappa shape index (κ3) is 4.62. The smallest absolute Gasteiger partial charge is 0.274 e. The number of nitrogens with one attached hydrogen (secondary N) is 2. The maximum atomic E-state index is 14.2. The van der Waals surface area contributed by atoms with E-state index in [-0.39, 0.29) is 22.8 Å². The first-order valence-corrected chi connectivity index (χ1v) is 10.7. The number of nitrogens with zero attached hydrogens (tertiary/aromatic N) is 2. The Morgan fingerprint density at radius 1 is 0.758 bits per heavy atom. The van der Waals surface area contributed by atoms with E-state index in [1.807, 2.05) is 0 Å². The van der Waals surface area contributed by atoms with Crippen molar-refractivity contribution in [1.82, 2.24) is 9.97 Å². The number of ether oxygens (including phenoxy) is 2. The highest BCUT2D eigenvalue weighted by Gasteiger charge is 2.18. The molecule has 5 rings (SSSR count). The molecule has 0 saturated carbocycles. The Morgan fingerprint density at radius 3 is 1.73 bits per heavy atom. The van der Waals surface area contributed by atoms with Crippen molar-refractivity contribution in [1.29, 1.82) is 0 Å². The Balaban J connectivity index is 1.31. The molecule has 168 valence electrons. The van der Waals surface area contributed by atoms with Crippen molar-refractivity contribution in [2.24, 2.45) is 0 Å². The van der Waals surface area contributed by atoms with Gasteiger partial charge in [-0.2, -0.15) is 0 Å². The molecule has 0 bridgehead atoms. The first-order valence-electron chi connectivity index (χ1n) is 10.7. The van der Waals surface area contributed by atoms with Gasteiger partial charge in [-0.1, -0.05) is 0 Å².